The third kappa shape index (κ3) is 6.20. The molecule has 150 valence electrons. The van der Waals surface area contributed by atoms with Crippen molar-refractivity contribution < 1.29 is 23.9 Å². The van der Waals surface area contributed by atoms with E-state index in [1.54, 1.807) is 62.4 Å². The van der Waals surface area contributed by atoms with Crippen molar-refractivity contribution in [3.63, 3.8) is 0 Å². The summed E-state index contributed by atoms with van der Waals surface area (Å²) in [4.78, 5) is 23.8. The maximum absolute atomic E-state index is 12.7. The molecule has 2 aromatic rings. The molecule has 2 rings (SSSR count). The Morgan fingerprint density at radius 3 is 1.89 bits per heavy atom. The molecule has 5 heteroatoms. The number of carboxylic acids is 1. The molecule has 0 bridgehead atoms. The van der Waals surface area contributed by atoms with Gasteiger partial charge in [-0.2, -0.15) is 0 Å². The van der Waals surface area contributed by atoms with E-state index >= 15 is 0 Å². The van der Waals surface area contributed by atoms with Crippen LogP contribution in [-0.2, 0) is 11.2 Å². The molecular weight excluding hydrogens is 354 g/mol. The first-order valence-electron chi connectivity index (χ1n) is 9.36. The van der Waals surface area contributed by atoms with Crippen molar-refractivity contribution in [1.82, 2.24) is 0 Å². The lowest BCUT2D eigenvalue weighted by Crippen LogP contribution is -2.39. The van der Waals surface area contributed by atoms with Crippen molar-refractivity contribution >= 4 is 11.8 Å². The fourth-order valence-corrected chi connectivity index (χ4v) is 2.66. The molecule has 0 aliphatic heterocycles. The fourth-order valence-electron chi connectivity index (χ4n) is 2.66. The lowest BCUT2D eigenvalue weighted by Gasteiger charge is -2.25. The predicted molar refractivity (Wildman–Crippen MR) is 107 cm³/mol. The number of aliphatic carboxylic acids is 1. The molecule has 0 saturated carbocycles. The van der Waals surface area contributed by atoms with E-state index in [1.165, 1.54) is 0 Å². The Balaban J connectivity index is 2.00. The number of carbonyl (C=O) groups is 2. The third-order valence-electron chi connectivity index (χ3n) is 4.56. The van der Waals surface area contributed by atoms with Crippen LogP contribution in [0.25, 0.3) is 0 Å². The van der Waals surface area contributed by atoms with E-state index in [9.17, 15) is 14.7 Å². The Hall–Kier alpha value is -2.66. The van der Waals surface area contributed by atoms with Gasteiger partial charge in [-0.3, -0.25) is 4.79 Å². The van der Waals surface area contributed by atoms with Gasteiger partial charge in [0.05, 0.1) is 21.1 Å². The van der Waals surface area contributed by atoms with Crippen LogP contribution in [0.3, 0.4) is 0 Å². The molecule has 0 aromatic heterocycles. The summed E-state index contributed by atoms with van der Waals surface area (Å²) < 4.78 is 6.55. The standard InChI is InChI=1S/C23H29NO4/c1-23(2,22(26)27)16-17-6-8-18(9-7-17)21(25)19-10-12-20(13-11-19)28-15-14-24(3,4)5/h6-13H,14-16H2,1-5H3. The van der Waals surface area contributed by atoms with Gasteiger partial charge in [0.25, 0.3) is 0 Å². The molecule has 0 unspecified atom stereocenters. The van der Waals surface area contributed by atoms with Crippen molar-refractivity contribution in [3.8, 4) is 5.75 Å². The molecule has 0 atom stereocenters. The van der Waals surface area contributed by atoms with Crippen molar-refractivity contribution in [1.29, 1.82) is 0 Å². The van der Waals surface area contributed by atoms with Crippen LogP contribution in [0.1, 0.15) is 35.3 Å². The quantitative estimate of drug-likeness (QED) is 0.492. The molecule has 0 heterocycles. The minimum absolute atomic E-state index is 0.0800. The number of nitrogens with zero attached hydrogens (tertiary/aromatic N) is 1. The average Bonchev–Trinajstić information content (AvgIpc) is 2.61. The molecule has 0 N–H and O–H groups in total. The van der Waals surface area contributed by atoms with Gasteiger partial charge in [0.15, 0.2) is 5.78 Å². The second-order valence-corrected chi connectivity index (χ2v) is 8.76. The van der Waals surface area contributed by atoms with Gasteiger partial charge in [-0.15, -0.1) is 0 Å². The molecule has 0 amide bonds. The molecular formula is C23H29NO4. The van der Waals surface area contributed by atoms with Crippen LogP contribution in [0.2, 0.25) is 0 Å². The zero-order chi connectivity index (χ0) is 20.9. The second kappa shape index (κ2) is 8.57. The Kier molecular flexibility index (Phi) is 6.62. The summed E-state index contributed by atoms with van der Waals surface area (Å²) in [5, 5.41) is 11.2. The minimum Gasteiger partial charge on any atom is -0.550 e. The number of ketones is 1. The summed E-state index contributed by atoms with van der Waals surface area (Å²) in [5.74, 6) is -0.426. The van der Waals surface area contributed by atoms with Gasteiger partial charge >= 0.3 is 0 Å². The highest BCUT2D eigenvalue weighted by Crippen LogP contribution is 2.22. The van der Waals surface area contributed by atoms with Crippen LogP contribution in [0.4, 0.5) is 0 Å². The monoisotopic (exact) mass is 383 g/mol. The van der Waals surface area contributed by atoms with Gasteiger partial charge < -0.3 is 19.1 Å². The molecule has 2 aromatic carbocycles. The number of ether oxygens (including phenoxy) is 1. The molecule has 0 aliphatic rings. The molecule has 28 heavy (non-hydrogen) atoms. The number of hydrogen-bond donors (Lipinski definition) is 0. The molecule has 0 spiro atoms. The Morgan fingerprint density at radius 1 is 0.929 bits per heavy atom. The average molecular weight is 383 g/mol. The Morgan fingerprint density at radius 2 is 1.43 bits per heavy atom. The maximum Gasteiger partial charge on any atom is 0.193 e. The first-order chi connectivity index (χ1) is 13.0. The van der Waals surface area contributed by atoms with Gasteiger partial charge in [-0.25, -0.2) is 0 Å². The van der Waals surface area contributed by atoms with Crippen molar-refractivity contribution in [2.24, 2.45) is 5.41 Å². The van der Waals surface area contributed by atoms with E-state index < -0.39 is 11.4 Å². The summed E-state index contributed by atoms with van der Waals surface area (Å²) in [7, 11) is 6.32. The van der Waals surface area contributed by atoms with Crippen LogP contribution in [0.5, 0.6) is 5.75 Å². The third-order valence-corrected chi connectivity index (χ3v) is 4.56. The largest absolute Gasteiger partial charge is 0.550 e. The van der Waals surface area contributed by atoms with Crippen LogP contribution < -0.4 is 9.84 Å². The molecule has 0 aliphatic carbocycles. The highest BCUT2D eigenvalue weighted by Gasteiger charge is 2.20. The summed E-state index contributed by atoms with van der Waals surface area (Å²) in [6, 6.07) is 14.2. The van der Waals surface area contributed by atoms with Gasteiger partial charge in [-0.05, 0) is 36.2 Å². The van der Waals surface area contributed by atoms with Crippen LogP contribution in [-0.4, -0.2) is 50.5 Å². The number of carbonyl (C=O) groups excluding carboxylic acids is 2. The minimum atomic E-state index is -1.09. The fraction of sp³-hybridized carbons (Fsp3) is 0.391. The van der Waals surface area contributed by atoms with Crippen LogP contribution in [0, 0.1) is 5.41 Å². The number of quaternary nitrogens is 1. The molecule has 5 nitrogen and oxygen atoms in total. The summed E-state index contributed by atoms with van der Waals surface area (Å²) >= 11 is 0. The number of hydrogen-bond acceptors (Lipinski definition) is 4. The zero-order valence-corrected chi connectivity index (χ0v) is 17.3. The highest BCUT2D eigenvalue weighted by atomic mass is 16.5. The summed E-state index contributed by atoms with van der Waals surface area (Å²) in [5.41, 5.74) is 1.05. The lowest BCUT2D eigenvalue weighted by molar-refractivity contribution is -0.870. The van der Waals surface area contributed by atoms with Crippen LogP contribution in [0.15, 0.2) is 48.5 Å². The first-order valence-corrected chi connectivity index (χ1v) is 9.36. The van der Waals surface area contributed by atoms with E-state index in [-0.39, 0.29) is 5.78 Å². The summed E-state index contributed by atoms with van der Waals surface area (Å²) in [6.07, 6.45) is 0.350. The molecule has 0 fully saturated rings. The van der Waals surface area contributed by atoms with Gasteiger partial charge in [0, 0.05) is 22.5 Å². The number of benzene rings is 2. The predicted octanol–water partition coefficient (Wildman–Crippen LogP) is 2.32. The number of rotatable bonds is 9. The zero-order valence-electron chi connectivity index (χ0n) is 17.3. The van der Waals surface area contributed by atoms with Crippen molar-refractivity contribution in [2.75, 3.05) is 34.3 Å². The van der Waals surface area contributed by atoms with E-state index in [1.807, 2.05) is 0 Å². The molecule has 0 radical (unpaired) electrons. The van der Waals surface area contributed by atoms with Gasteiger partial charge in [-0.1, -0.05) is 38.1 Å². The SMILES string of the molecule is CC(C)(Cc1ccc(C(=O)c2ccc(OCC[N+](C)(C)C)cc2)cc1)C(=O)[O-]. The maximum atomic E-state index is 12.7. The second-order valence-electron chi connectivity index (χ2n) is 8.76. The number of carboxylic acid groups (broad SMARTS) is 1. The number of likely N-dealkylation sites (N-methyl/N-ethyl adjacent to an activating group) is 1. The first kappa shape index (κ1) is 21.6. The van der Waals surface area contributed by atoms with E-state index in [2.05, 4.69) is 21.1 Å². The van der Waals surface area contributed by atoms with Gasteiger partial charge in [0.2, 0.25) is 0 Å². The highest BCUT2D eigenvalue weighted by molar-refractivity contribution is 6.09. The van der Waals surface area contributed by atoms with E-state index in [4.69, 9.17) is 4.74 Å². The molecule has 0 saturated heterocycles. The van der Waals surface area contributed by atoms with E-state index in [0.717, 1.165) is 22.3 Å². The smallest absolute Gasteiger partial charge is 0.193 e. The Bertz CT molecular complexity index is 815. The van der Waals surface area contributed by atoms with Gasteiger partial charge in [0.1, 0.15) is 18.9 Å². The van der Waals surface area contributed by atoms with Crippen molar-refractivity contribution in [2.45, 2.75) is 20.3 Å². The lowest BCUT2D eigenvalue weighted by atomic mass is 9.85. The van der Waals surface area contributed by atoms with E-state index in [0.29, 0.717) is 24.2 Å². The topological polar surface area (TPSA) is 66.4 Å². The van der Waals surface area contributed by atoms with Crippen molar-refractivity contribution in [3.05, 3.63) is 65.2 Å². The normalized spacial score (nSPS) is 11.9. The summed E-state index contributed by atoms with van der Waals surface area (Å²) in [6.45, 7) is 4.76. The Labute approximate surface area is 167 Å². The van der Waals surface area contributed by atoms with Crippen LogP contribution >= 0.6 is 0 Å².